The molecule has 0 aliphatic carbocycles. The third kappa shape index (κ3) is 12.3. The zero-order valence-corrected chi connectivity index (χ0v) is 53.7. The van der Waals surface area contributed by atoms with E-state index in [2.05, 4.69) is 20.6 Å². The highest BCUT2D eigenvalue weighted by Crippen LogP contribution is 2.46. The van der Waals surface area contributed by atoms with Crippen LogP contribution >= 0.6 is 0 Å². The number of ether oxygens (including phenoxy) is 1. The van der Waals surface area contributed by atoms with Crippen LogP contribution < -0.4 is 24.0 Å². The van der Waals surface area contributed by atoms with Crippen molar-refractivity contribution in [1.29, 1.82) is 0 Å². The van der Waals surface area contributed by atoms with Crippen molar-refractivity contribution in [3.05, 3.63) is 173 Å². The molecule has 0 radical (unpaired) electrons. The number of furan rings is 2. The summed E-state index contributed by atoms with van der Waals surface area (Å²) in [5.41, 5.74) is 8.93. The summed E-state index contributed by atoms with van der Waals surface area (Å²) in [7, 11) is 0.403. The summed E-state index contributed by atoms with van der Waals surface area (Å²) >= 11 is 0. The smallest absolute Gasteiger partial charge is 0.422 e. The van der Waals surface area contributed by atoms with Crippen LogP contribution in [0.3, 0.4) is 0 Å². The molecule has 12 aromatic rings. The number of aryl methyl sites for hydroxylation is 4. The number of nitrogens with one attached hydrogen (secondary N) is 2. The van der Waals surface area contributed by atoms with Crippen molar-refractivity contribution in [3.8, 4) is 73.8 Å². The minimum absolute atomic E-state index is 0.0549. The number of carbonyl (C=O) groups excluding carboxylic acids is 2. The Balaban J connectivity index is 0.000000177. The fourth-order valence-corrected chi connectivity index (χ4v) is 12.9. The molecule has 28 heteroatoms. The predicted molar refractivity (Wildman–Crippen MR) is 351 cm³/mol. The molecule has 0 spiro atoms. The summed E-state index contributed by atoms with van der Waals surface area (Å²) in [5, 5.41) is 6.99. The van der Waals surface area contributed by atoms with Gasteiger partial charge in [-0.15, -0.1) is 0 Å². The zero-order valence-electron chi connectivity index (χ0n) is 52.1. The van der Waals surface area contributed by atoms with Crippen LogP contribution in [0, 0.1) is 11.6 Å². The molecular formula is C68H57F7N10O9S2. The van der Waals surface area contributed by atoms with Gasteiger partial charge in [-0.1, -0.05) is 24.3 Å². The number of fused-ring (bicyclic) bond motifs is 12. The summed E-state index contributed by atoms with van der Waals surface area (Å²) in [6.07, 6.45) is -0.874. The number of sulfonamides is 2. The van der Waals surface area contributed by atoms with E-state index < -0.39 is 50.9 Å². The second kappa shape index (κ2) is 25.4. The number of aldehydes is 1. The van der Waals surface area contributed by atoms with Crippen LogP contribution in [0.2, 0.25) is 0 Å². The fraction of sp³-hybridized carbons (Fsp3) is 0.206. The van der Waals surface area contributed by atoms with Crippen molar-refractivity contribution in [1.82, 2.24) is 39.7 Å². The highest BCUT2D eigenvalue weighted by Gasteiger charge is 2.32. The number of pyridine rings is 4. The van der Waals surface area contributed by atoms with Gasteiger partial charge in [-0.3, -0.25) is 23.2 Å². The fourth-order valence-electron chi connectivity index (χ4n) is 11.8. The van der Waals surface area contributed by atoms with E-state index >= 15 is 0 Å². The Hall–Kier alpha value is -10.5. The summed E-state index contributed by atoms with van der Waals surface area (Å²) < 4.78 is 168. The molecule has 10 heterocycles. The lowest BCUT2D eigenvalue weighted by atomic mass is 9.99. The molecule has 0 saturated carbocycles. The van der Waals surface area contributed by atoms with Crippen LogP contribution in [-0.4, -0.2) is 119 Å². The first-order valence-corrected chi connectivity index (χ1v) is 33.2. The lowest BCUT2D eigenvalue weighted by Crippen LogP contribution is -2.25. The Bertz CT molecular complexity index is 5320. The van der Waals surface area contributed by atoms with Crippen LogP contribution in [0.5, 0.6) is 5.88 Å². The molecule has 4 aromatic carbocycles. The van der Waals surface area contributed by atoms with Gasteiger partial charge in [-0.2, -0.15) is 13.2 Å². The van der Waals surface area contributed by atoms with Gasteiger partial charge in [0.25, 0.3) is 12.3 Å². The summed E-state index contributed by atoms with van der Waals surface area (Å²) in [5.74, 6) is -1.33. The van der Waals surface area contributed by atoms with E-state index in [1.54, 1.807) is 48.5 Å². The Kier molecular flexibility index (Phi) is 17.3. The number of rotatable bonds is 13. The minimum atomic E-state index is -4.55. The predicted octanol–water partition coefficient (Wildman–Crippen LogP) is 13.4. The first-order chi connectivity index (χ1) is 45.7. The zero-order chi connectivity index (χ0) is 68.4. The lowest BCUT2D eigenvalue weighted by Gasteiger charge is -2.23. The van der Waals surface area contributed by atoms with E-state index in [9.17, 15) is 57.2 Å². The molecule has 19 nitrogen and oxygen atoms in total. The van der Waals surface area contributed by atoms with E-state index in [0.29, 0.717) is 98.9 Å². The second-order valence-corrected chi connectivity index (χ2v) is 26.7. The molecule has 494 valence electrons. The average Bonchev–Trinajstić information content (AvgIpc) is 1.57. The molecule has 0 bridgehead atoms. The molecule has 96 heavy (non-hydrogen) atoms. The molecule has 0 saturated heterocycles. The van der Waals surface area contributed by atoms with Gasteiger partial charge in [0, 0.05) is 109 Å². The summed E-state index contributed by atoms with van der Waals surface area (Å²) in [6, 6.07) is 32.1. The molecule has 2 N–H and O–H groups in total. The highest BCUT2D eigenvalue weighted by atomic mass is 32.2. The Labute approximate surface area is 543 Å². The van der Waals surface area contributed by atoms with Crippen molar-refractivity contribution >= 4 is 87.4 Å². The van der Waals surface area contributed by atoms with Gasteiger partial charge in [0.2, 0.25) is 25.9 Å². The topological polar surface area (TPSA) is 230 Å². The van der Waals surface area contributed by atoms with Crippen molar-refractivity contribution in [2.45, 2.75) is 38.5 Å². The monoisotopic (exact) mass is 1350 g/mol. The lowest BCUT2D eigenvalue weighted by molar-refractivity contribution is -0.154. The van der Waals surface area contributed by atoms with Gasteiger partial charge < -0.3 is 33.3 Å². The van der Waals surface area contributed by atoms with Crippen molar-refractivity contribution < 1.29 is 70.7 Å². The van der Waals surface area contributed by atoms with Gasteiger partial charge in [-0.25, -0.2) is 49.3 Å². The number of carbonyl (C=O) groups is 2. The number of aromatic nitrogens is 6. The van der Waals surface area contributed by atoms with Crippen molar-refractivity contribution in [2.24, 2.45) is 0 Å². The van der Waals surface area contributed by atoms with Crippen molar-refractivity contribution in [3.63, 3.8) is 0 Å². The molecule has 8 aromatic heterocycles. The molecule has 1 amide bonds. The number of alkyl halides is 5. The van der Waals surface area contributed by atoms with Crippen LogP contribution in [0.15, 0.2) is 143 Å². The maximum atomic E-state index is 14.8. The SMILES string of the molecule is CN(c1cc2oc(-c3ccc(C(F)F)nc3)c(C=O)c2cc1-c1ccc2c(n1)-c1cc3c(F)cccc3n1CC2)S(C)(=O)=O.CNC.CNC(=O)c1c(-c2ccc(OCC(F)(F)F)nc2)oc2cc(N(C)S(C)(=O)=O)c(-c3ccc4c(n3)-c3cc5c(F)cccc5n3CC4)cc12. The average molecular weight is 1360 g/mol. The van der Waals surface area contributed by atoms with E-state index in [4.69, 9.17) is 23.5 Å². The van der Waals surface area contributed by atoms with E-state index in [1.165, 1.54) is 76.0 Å². The highest BCUT2D eigenvalue weighted by molar-refractivity contribution is 7.92. The summed E-state index contributed by atoms with van der Waals surface area (Å²) in [6.45, 7) is -0.247. The molecule has 0 fully saturated rings. The molecule has 14 rings (SSSR count). The minimum Gasteiger partial charge on any atom is -0.468 e. The number of amides is 1. The third-order valence-electron chi connectivity index (χ3n) is 16.5. The Morgan fingerprint density at radius 2 is 1.15 bits per heavy atom. The standard InChI is InChI=1S/C34H27F4N5O5S.C32H23F3N4O4S.C2H7N/c1-39-33(44)30-22-13-21(24-9-7-18-11-12-43-25-6-4-5-23(35)20(25)14-27(43)31(18)41-24)26(42(2)49(3,45)46)15-28(22)48-32(30)19-8-10-29(40-16-19)47-17-34(36,37)38;1-38(44(2,41)42)27-14-29-19(22(16-40)31(43-29)18-7-9-25(32(34)35)36-15-18)12-21(27)24-8-6-17-10-11-39-26-5-3-4-23(33)20(26)13-28(39)30(17)37-24;1-3-2/h4-10,13-16H,11-12,17H2,1-3H3,(H,39,44);3-9,12-16,32H,10-11H2,1-2H3;3H,1-2H3. The number of nitrogens with zero attached hydrogens (tertiary/aromatic N) is 8. The molecule has 0 atom stereocenters. The van der Waals surface area contributed by atoms with E-state index in [-0.39, 0.29) is 68.3 Å². The van der Waals surface area contributed by atoms with E-state index in [0.717, 1.165) is 55.0 Å². The van der Waals surface area contributed by atoms with Gasteiger partial charge in [-0.05, 0) is 117 Å². The normalized spacial score (nSPS) is 12.7. The Morgan fingerprint density at radius 1 is 0.656 bits per heavy atom. The van der Waals surface area contributed by atoms with E-state index in [1.807, 2.05) is 47.5 Å². The number of anilines is 2. The number of halogens is 7. The van der Waals surface area contributed by atoms with Gasteiger partial charge >= 0.3 is 6.18 Å². The van der Waals surface area contributed by atoms with Crippen LogP contribution in [0.1, 0.15) is 44.0 Å². The van der Waals surface area contributed by atoms with Gasteiger partial charge in [0.05, 0.1) is 80.2 Å². The van der Waals surface area contributed by atoms with Gasteiger partial charge in [0.15, 0.2) is 12.9 Å². The molecule has 2 aliphatic heterocycles. The quantitative estimate of drug-likeness (QED) is 0.0808. The van der Waals surface area contributed by atoms with Crippen LogP contribution in [0.4, 0.5) is 42.1 Å². The van der Waals surface area contributed by atoms with Crippen LogP contribution in [-0.2, 0) is 46.0 Å². The maximum absolute atomic E-state index is 14.8. The molecular weight excluding hydrogens is 1300 g/mol. The first kappa shape index (κ1) is 65.6. The third-order valence-corrected chi connectivity index (χ3v) is 18.9. The molecule has 0 unspecified atom stereocenters. The molecule has 2 aliphatic rings. The second-order valence-electron chi connectivity index (χ2n) is 22.7. The largest absolute Gasteiger partial charge is 0.468 e. The van der Waals surface area contributed by atoms with Crippen LogP contribution in [0.25, 0.3) is 112 Å². The Morgan fingerprint density at radius 3 is 1.60 bits per heavy atom. The van der Waals surface area contributed by atoms with Crippen molar-refractivity contribution in [2.75, 3.05) is 63.0 Å². The number of hydrogen-bond donors (Lipinski definition) is 2. The van der Waals surface area contributed by atoms with Gasteiger partial charge in [0.1, 0.15) is 40.0 Å². The first-order valence-electron chi connectivity index (χ1n) is 29.5. The number of benzene rings is 4. The maximum Gasteiger partial charge on any atom is 0.422 e. The summed E-state index contributed by atoms with van der Waals surface area (Å²) in [4.78, 5) is 43.4. The number of hydrogen-bond acceptors (Lipinski definition) is 14.